The van der Waals surface area contributed by atoms with Crippen LogP contribution in [-0.2, 0) is 10.1 Å². The maximum atomic E-state index is 10.8. The lowest BCUT2D eigenvalue weighted by molar-refractivity contribution is 0.483. The van der Waals surface area contributed by atoms with Crippen molar-refractivity contribution in [1.29, 1.82) is 0 Å². The Hall–Kier alpha value is -1.40. The average Bonchev–Trinajstić information content (AvgIpc) is 2.41. The van der Waals surface area contributed by atoms with E-state index in [1.807, 2.05) is 0 Å². The Morgan fingerprint density at radius 3 is 2.79 bits per heavy atom. The van der Waals surface area contributed by atoms with Crippen LogP contribution < -0.4 is 0 Å². The second-order valence-electron chi connectivity index (χ2n) is 2.84. The fraction of sp³-hybridized carbons (Fsp3) is 0.125. The monoisotopic (exact) mass is 213 g/mol. The van der Waals surface area contributed by atoms with E-state index in [-0.39, 0.29) is 4.90 Å². The first-order valence-corrected chi connectivity index (χ1v) is 5.25. The minimum Gasteiger partial charge on any atom is -0.441 e. The summed E-state index contributed by atoms with van der Waals surface area (Å²) in [6, 6.07) is 3.99. The van der Waals surface area contributed by atoms with Crippen LogP contribution in [0.3, 0.4) is 0 Å². The molecule has 14 heavy (non-hydrogen) atoms. The fourth-order valence-electron chi connectivity index (χ4n) is 1.18. The van der Waals surface area contributed by atoms with Crippen LogP contribution in [0.25, 0.3) is 11.1 Å². The molecule has 2 aromatic rings. The molecular weight excluding hydrogens is 206 g/mol. The van der Waals surface area contributed by atoms with E-state index in [9.17, 15) is 8.42 Å². The number of aromatic nitrogens is 1. The van der Waals surface area contributed by atoms with Crippen LogP contribution in [0, 0.1) is 6.92 Å². The third-order valence-electron chi connectivity index (χ3n) is 1.76. The summed E-state index contributed by atoms with van der Waals surface area (Å²) in [7, 11) is -4.17. The second-order valence-corrected chi connectivity index (χ2v) is 4.26. The van der Waals surface area contributed by atoms with E-state index in [0.717, 1.165) is 0 Å². The molecule has 0 fully saturated rings. The minimum absolute atomic E-state index is 0.182. The van der Waals surface area contributed by atoms with Crippen LogP contribution in [-0.4, -0.2) is 18.0 Å². The SMILES string of the molecule is Cc1nc2cc(S(=O)(=O)O)ccc2o1. The number of oxazole rings is 1. The first-order chi connectivity index (χ1) is 6.47. The molecule has 1 aromatic heterocycles. The predicted octanol–water partition coefficient (Wildman–Crippen LogP) is 1.38. The molecule has 0 radical (unpaired) electrons. The molecule has 0 aliphatic carbocycles. The Morgan fingerprint density at radius 2 is 2.14 bits per heavy atom. The molecular formula is C8H7NO4S. The smallest absolute Gasteiger partial charge is 0.294 e. The van der Waals surface area contributed by atoms with E-state index in [0.29, 0.717) is 17.0 Å². The van der Waals surface area contributed by atoms with Gasteiger partial charge in [-0.05, 0) is 18.2 Å². The summed E-state index contributed by atoms with van der Waals surface area (Å²) in [6.45, 7) is 1.66. The molecule has 5 nitrogen and oxygen atoms in total. The van der Waals surface area contributed by atoms with Crippen LogP contribution >= 0.6 is 0 Å². The number of hydrogen-bond donors (Lipinski definition) is 1. The Bertz CT molecular complexity index is 584. The van der Waals surface area contributed by atoms with E-state index >= 15 is 0 Å². The van der Waals surface area contributed by atoms with E-state index in [2.05, 4.69) is 4.98 Å². The first kappa shape index (κ1) is 9.17. The van der Waals surface area contributed by atoms with Gasteiger partial charge >= 0.3 is 0 Å². The Balaban J connectivity index is 2.74. The summed E-state index contributed by atoms with van der Waals surface area (Å²) in [6.07, 6.45) is 0. The molecule has 1 N–H and O–H groups in total. The zero-order valence-corrected chi connectivity index (χ0v) is 8.08. The number of hydrogen-bond acceptors (Lipinski definition) is 4. The van der Waals surface area contributed by atoms with E-state index in [4.69, 9.17) is 8.97 Å². The molecule has 0 unspecified atom stereocenters. The van der Waals surface area contributed by atoms with Gasteiger partial charge in [-0.1, -0.05) is 0 Å². The average molecular weight is 213 g/mol. The van der Waals surface area contributed by atoms with Gasteiger partial charge in [0.25, 0.3) is 10.1 Å². The quantitative estimate of drug-likeness (QED) is 0.724. The largest absolute Gasteiger partial charge is 0.441 e. The lowest BCUT2D eigenvalue weighted by Gasteiger charge is -1.94. The van der Waals surface area contributed by atoms with Crippen LogP contribution in [0.15, 0.2) is 27.5 Å². The van der Waals surface area contributed by atoms with Crippen LogP contribution in [0.5, 0.6) is 0 Å². The molecule has 0 saturated heterocycles. The lowest BCUT2D eigenvalue weighted by atomic mass is 10.3. The highest BCUT2D eigenvalue weighted by atomic mass is 32.2. The third-order valence-corrected chi connectivity index (χ3v) is 2.61. The first-order valence-electron chi connectivity index (χ1n) is 3.81. The van der Waals surface area contributed by atoms with E-state index < -0.39 is 10.1 Å². The standard InChI is InChI=1S/C8H7NO4S/c1-5-9-7-4-6(14(10,11)12)2-3-8(7)13-5/h2-4H,1H3,(H,10,11,12). The van der Waals surface area contributed by atoms with Crippen molar-refractivity contribution in [2.45, 2.75) is 11.8 Å². The Kier molecular flexibility index (Phi) is 1.83. The van der Waals surface area contributed by atoms with Crippen molar-refractivity contribution in [3.8, 4) is 0 Å². The summed E-state index contributed by atoms with van der Waals surface area (Å²) in [5.41, 5.74) is 0.910. The van der Waals surface area contributed by atoms with Crippen molar-refractivity contribution in [1.82, 2.24) is 4.98 Å². The number of nitrogens with zero attached hydrogens (tertiary/aromatic N) is 1. The van der Waals surface area contributed by atoms with Gasteiger partial charge in [-0.3, -0.25) is 4.55 Å². The van der Waals surface area contributed by atoms with Gasteiger partial charge in [-0.15, -0.1) is 0 Å². The number of benzene rings is 1. The summed E-state index contributed by atoms with van der Waals surface area (Å²) in [5.74, 6) is 0.451. The highest BCUT2D eigenvalue weighted by Crippen LogP contribution is 2.19. The van der Waals surface area contributed by atoms with Crippen molar-refractivity contribution < 1.29 is 17.4 Å². The fourth-order valence-corrected chi connectivity index (χ4v) is 1.68. The number of rotatable bonds is 1. The lowest BCUT2D eigenvalue weighted by Crippen LogP contribution is -1.97. The molecule has 1 heterocycles. The topological polar surface area (TPSA) is 80.4 Å². The summed E-state index contributed by atoms with van der Waals surface area (Å²) >= 11 is 0. The molecule has 0 atom stereocenters. The van der Waals surface area contributed by atoms with Gasteiger partial charge in [0, 0.05) is 6.92 Å². The zero-order valence-electron chi connectivity index (χ0n) is 7.26. The molecule has 0 saturated carbocycles. The number of aryl methyl sites for hydroxylation is 1. The number of fused-ring (bicyclic) bond motifs is 1. The van der Waals surface area contributed by atoms with Crippen LogP contribution in [0.1, 0.15) is 5.89 Å². The van der Waals surface area contributed by atoms with E-state index in [1.165, 1.54) is 18.2 Å². The van der Waals surface area contributed by atoms with Gasteiger partial charge in [-0.25, -0.2) is 4.98 Å². The second kappa shape index (κ2) is 2.79. The maximum Gasteiger partial charge on any atom is 0.294 e. The molecule has 74 valence electrons. The summed E-state index contributed by atoms with van der Waals surface area (Å²) < 4.78 is 35.5. The van der Waals surface area contributed by atoms with Crippen LogP contribution in [0.2, 0.25) is 0 Å². The molecule has 0 aliphatic rings. The molecule has 0 bridgehead atoms. The molecule has 6 heteroatoms. The molecule has 0 spiro atoms. The third kappa shape index (κ3) is 1.49. The highest BCUT2D eigenvalue weighted by Gasteiger charge is 2.11. The van der Waals surface area contributed by atoms with Crippen molar-refractivity contribution in [2.75, 3.05) is 0 Å². The summed E-state index contributed by atoms with van der Waals surface area (Å²) in [4.78, 5) is 3.76. The van der Waals surface area contributed by atoms with Gasteiger partial charge in [0.2, 0.25) is 0 Å². The van der Waals surface area contributed by atoms with Gasteiger partial charge < -0.3 is 4.42 Å². The Morgan fingerprint density at radius 1 is 1.43 bits per heavy atom. The molecule has 0 amide bonds. The zero-order chi connectivity index (χ0) is 10.3. The predicted molar refractivity (Wildman–Crippen MR) is 48.6 cm³/mol. The van der Waals surface area contributed by atoms with Crippen LogP contribution in [0.4, 0.5) is 0 Å². The molecule has 1 aromatic carbocycles. The Labute approximate surface area is 80.1 Å². The maximum absolute atomic E-state index is 10.8. The van der Waals surface area contributed by atoms with Gasteiger partial charge in [-0.2, -0.15) is 8.42 Å². The van der Waals surface area contributed by atoms with Crippen molar-refractivity contribution in [2.24, 2.45) is 0 Å². The van der Waals surface area contributed by atoms with Gasteiger partial charge in [0.1, 0.15) is 5.52 Å². The van der Waals surface area contributed by atoms with Crippen molar-refractivity contribution >= 4 is 21.2 Å². The summed E-state index contributed by atoms with van der Waals surface area (Å²) in [5, 5.41) is 0. The van der Waals surface area contributed by atoms with Crippen molar-refractivity contribution in [3.63, 3.8) is 0 Å². The molecule has 0 aliphatic heterocycles. The minimum atomic E-state index is -4.17. The van der Waals surface area contributed by atoms with E-state index in [1.54, 1.807) is 6.92 Å². The van der Waals surface area contributed by atoms with Crippen molar-refractivity contribution in [3.05, 3.63) is 24.1 Å². The normalized spacial score (nSPS) is 12.1. The highest BCUT2D eigenvalue weighted by molar-refractivity contribution is 7.85. The van der Waals surface area contributed by atoms with Gasteiger partial charge in [0.15, 0.2) is 11.5 Å². The molecule has 2 rings (SSSR count). The van der Waals surface area contributed by atoms with Gasteiger partial charge in [0.05, 0.1) is 4.90 Å².